The van der Waals surface area contributed by atoms with Gasteiger partial charge in [-0.05, 0) is 36.8 Å². The van der Waals surface area contributed by atoms with Gasteiger partial charge in [-0.2, -0.15) is 0 Å². The number of carbonyl (C=O) groups excluding carboxylic acids is 1. The summed E-state index contributed by atoms with van der Waals surface area (Å²) in [6.07, 6.45) is 0.720. The lowest BCUT2D eigenvalue weighted by molar-refractivity contribution is 0.112. The topological polar surface area (TPSA) is 26.3 Å². The summed E-state index contributed by atoms with van der Waals surface area (Å²) in [7, 11) is 0. The van der Waals surface area contributed by atoms with E-state index in [1.165, 1.54) is 18.2 Å². The second-order valence-electron chi connectivity index (χ2n) is 3.78. The van der Waals surface area contributed by atoms with Gasteiger partial charge in [-0.3, -0.25) is 4.79 Å². The molecule has 0 aliphatic carbocycles. The average Bonchev–Trinajstić information content (AvgIpc) is 2.40. The van der Waals surface area contributed by atoms with E-state index in [1.807, 2.05) is 25.1 Å². The van der Waals surface area contributed by atoms with Gasteiger partial charge in [0.05, 0.1) is 6.61 Å². The van der Waals surface area contributed by atoms with E-state index in [0.29, 0.717) is 23.5 Å². The molecule has 0 aliphatic rings. The molecule has 2 nitrogen and oxygen atoms in total. The minimum atomic E-state index is -0.373. The molecule has 0 fully saturated rings. The molecule has 0 unspecified atom stereocenters. The van der Waals surface area contributed by atoms with Crippen molar-refractivity contribution in [3.8, 4) is 16.9 Å². The lowest BCUT2D eigenvalue weighted by atomic mass is 9.99. The monoisotopic (exact) mass is 244 g/mol. The quantitative estimate of drug-likeness (QED) is 0.766. The summed E-state index contributed by atoms with van der Waals surface area (Å²) in [6.45, 7) is 2.39. The molecule has 0 amide bonds. The first-order chi connectivity index (χ1) is 8.76. The Labute approximate surface area is 105 Å². The van der Waals surface area contributed by atoms with Crippen LogP contribution in [0.2, 0.25) is 0 Å². The first kappa shape index (κ1) is 12.3. The zero-order valence-electron chi connectivity index (χ0n) is 10.0. The van der Waals surface area contributed by atoms with Crippen molar-refractivity contribution in [3.63, 3.8) is 0 Å². The Bertz CT molecular complexity index is 564. The molecule has 18 heavy (non-hydrogen) atoms. The summed E-state index contributed by atoms with van der Waals surface area (Å²) in [5.41, 5.74) is 1.72. The molecule has 0 aromatic heterocycles. The third-order valence-electron chi connectivity index (χ3n) is 2.62. The summed E-state index contributed by atoms with van der Waals surface area (Å²) in [5.74, 6) is 0.274. The van der Waals surface area contributed by atoms with E-state index in [0.717, 1.165) is 11.8 Å². The van der Waals surface area contributed by atoms with E-state index >= 15 is 0 Å². The van der Waals surface area contributed by atoms with Gasteiger partial charge in [0.1, 0.15) is 11.6 Å². The van der Waals surface area contributed by atoms with Crippen molar-refractivity contribution in [2.45, 2.75) is 6.92 Å². The van der Waals surface area contributed by atoms with E-state index < -0.39 is 0 Å². The Morgan fingerprint density at radius 2 is 1.94 bits per heavy atom. The Morgan fingerprint density at radius 1 is 1.17 bits per heavy atom. The van der Waals surface area contributed by atoms with Crippen molar-refractivity contribution < 1.29 is 13.9 Å². The molecule has 2 aromatic rings. The highest BCUT2D eigenvalue weighted by Crippen LogP contribution is 2.32. The molecule has 0 bridgehead atoms. The highest BCUT2D eigenvalue weighted by atomic mass is 19.1. The fourth-order valence-electron chi connectivity index (χ4n) is 1.84. The molecule has 2 rings (SSSR count). The molecule has 0 atom stereocenters. The fourth-order valence-corrected chi connectivity index (χ4v) is 1.84. The van der Waals surface area contributed by atoms with Crippen LogP contribution in [0.4, 0.5) is 4.39 Å². The smallest absolute Gasteiger partial charge is 0.150 e. The number of hydrogen-bond acceptors (Lipinski definition) is 2. The van der Waals surface area contributed by atoms with Gasteiger partial charge < -0.3 is 4.74 Å². The Morgan fingerprint density at radius 3 is 2.67 bits per heavy atom. The van der Waals surface area contributed by atoms with Crippen LogP contribution in [0, 0.1) is 5.82 Å². The highest BCUT2D eigenvalue weighted by Gasteiger charge is 2.10. The van der Waals surface area contributed by atoms with Gasteiger partial charge in [-0.15, -0.1) is 0 Å². The van der Waals surface area contributed by atoms with Crippen molar-refractivity contribution in [3.05, 3.63) is 53.8 Å². The van der Waals surface area contributed by atoms with Crippen molar-refractivity contribution >= 4 is 6.29 Å². The van der Waals surface area contributed by atoms with Gasteiger partial charge in [0, 0.05) is 11.1 Å². The van der Waals surface area contributed by atoms with Crippen molar-refractivity contribution in [2.75, 3.05) is 6.61 Å². The molecule has 0 aliphatic heterocycles. The van der Waals surface area contributed by atoms with Crippen molar-refractivity contribution in [1.82, 2.24) is 0 Å². The summed E-state index contributed by atoms with van der Waals surface area (Å²) < 4.78 is 18.8. The molecular weight excluding hydrogens is 231 g/mol. The Hall–Kier alpha value is -2.16. The van der Waals surface area contributed by atoms with Crippen LogP contribution in [0.5, 0.6) is 5.75 Å². The van der Waals surface area contributed by atoms with Crippen LogP contribution in [0.15, 0.2) is 42.5 Å². The lowest BCUT2D eigenvalue weighted by Crippen LogP contribution is -1.96. The zero-order chi connectivity index (χ0) is 13.0. The average molecular weight is 244 g/mol. The van der Waals surface area contributed by atoms with E-state index in [2.05, 4.69) is 0 Å². The first-order valence-electron chi connectivity index (χ1n) is 5.73. The van der Waals surface area contributed by atoms with E-state index in [1.54, 1.807) is 6.07 Å². The van der Waals surface area contributed by atoms with Crippen LogP contribution in [0.25, 0.3) is 11.1 Å². The molecule has 2 aromatic carbocycles. The number of benzene rings is 2. The molecule has 0 saturated carbocycles. The summed E-state index contributed by atoms with van der Waals surface area (Å²) in [4.78, 5) is 11.0. The number of carbonyl (C=O) groups is 1. The normalized spacial score (nSPS) is 10.1. The molecule has 92 valence electrons. The number of rotatable bonds is 4. The van der Waals surface area contributed by atoms with Crippen LogP contribution in [-0.4, -0.2) is 12.9 Å². The van der Waals surface area contributed by atoms with Crippen LogP contribution in [0.3, 0.4) is 0 Å². The molecule has 0 heterocycles. The van der Waals surface area contributed by atoms with Gasteiger partial charge >= 0.3 is 0 Å². The van der Waals surface area contributed by atoms with Gasteiger partial charge in [0.25, 0.3) is 0 Å². The van der Waals surface area contributed by atoms with Crippen LogP contribution >= 0.6 is 0 Å². The Balaban J connectivity index is 2.60. The molecule has 0 N–H and O–H groups in total. The summed E-state index contributed by atoms with van der Waals surface area (Å²) in [6, 6.07) is 11.4. The minimum absolute atomic E-state index is 0.373. The molecule has 0 saturated heterocycles. The van der Waals surface area contributed by atoms with E-state index in [9.17, 15) is 9.18 Å². The number of halogens is 1. The molecule has 3 heteroatoms. The van der Waals surface area contributed by atoms with Gasteiger partial charge in [-0.1, -0.05) is 18.2 Å². The number of hydrogen-bond donors (Lipinski definition) is 0. The first-order valence-corrected chi connectivity index (χ1v) is 5.73. The minimum Gasteiger partial charge on any atom is -0.493 e. The molecule has 0 spiro atoms. The van der Waals surface area contributed by atoms with Crippen molar-refractivity contribution in [1.29, 1.82) is 0 Å². The molecular formula is C15H13FO2. The van der Waals surface area contributed by atoms with E-state index in [-0.39, 0.29) is 5.82 Å². The predicted octanol–water partition coefficient (Wildman–Crippen LogP) is 3.70. The zero-order valence-corrected chi connectivity index (χ0v) is 10.0. The van der Waals surface area contributed by atoms with Crippen molar-refractivity contribution in [2.24, 2.45) is 0 Å². The largest absolute Gasteiger partial charge is 0.493 e. The third kappa shape index (κ3) is 2.40. The number of aldehydes is 1. The standard InChI is InChI=1S/C15H13FO2/c1-2-18-15-6-4-3-5-13(15)14-9-12(16)8-7-11(14)10-17/h3-10H,2H2,1H3. The highest BCUT2D eigenvalue weighted by molar-refractivity contribution is 5.89. The summed E-state index contributed by atoms with van der Waals surface area (Å²) >= 11 is 0. The van der Waals surface area contributed by atoms with Gasteiger partial charge in [0.15, 0.2) is 6.29 Å². The molecule has 0 radical (unpaired) electrons. The lowest BCUT2D eigenvalue weighted by Gasteiger charge is -2.11. The summed E-state index contributed by atoms with van der Waals surface area (Å²) in [5, 5.41) is 0. The third-order valence-corrected chi connectivity index (χ3v) is 2.62. The van der Waals surface area contributed by atoms with Crippen LogP contribution < -0.4 is 4.74 Å². The second kappa shape index (κ2) is 5.45. The van der Waals surface area contributed by atoms with Gasteiger partial charge in [0.2, 0.25) is 0 Å². The maximum absolute atomic E-state index is 13.3. The predicted molar refractivity (Wildman–Crippen MR) is 68.4 cm³/mol. The number of para-hydroxylation sites is 1. The van der Waals surface area contributed by atoms with Crippen LogP contribution in [0.1, 0.15) is 17.3 Å². The number of ether oxygens (including phenoxy) is 1. The van der Waals surface area contributed by atoms with E-state index in [4.69, 9.17) is 4.74 Å². The Kier molecular flexibility index (Phi) is 3.72. The SMILES string of the molecule is CCOc1ccccc1-c1cc(F)ccc1C=O. The van der Waals surface area contributed by atoms with Gasteiger partial charge in [-0.25, -0.2) is 4.39 Å². The fraction of sp³-hybridized carbons (Fsp3) is 0.133. The maximum Gasteiger partial charge on any atom is 0.150 e. The maximum atomic E-state index is 13.3. The van der Waals surface area contributed by atoms with Crippen LogP contribution in [-0.2, 0) is 0 Å². The second-order valence-corrected chi connectivity index (χ2v) is 3.78.